The molecular formula is C12H14O6. The number of carbonyl (C=O) groups excluding carboxylic acids is 1. The van der Waals surface area contributed by atoms with Crippen molar-refractivity contribution in [3.8, 4) is 17.2 Å². The van der Waals surface area contributed by atoms with Gasteiger partial charge in [-0.05, 0) is 25.0 Å². The van der Waals surface area contributed by atoms with Crippen molar-refractivity contribution in [1.29, 1.82) is 0 Å². The number of esters is 1. The van der Waals surface area contributed by atoms with Gasteiger partial charge in [-0.3, -0.25) is 0 Å². The Hall–Kier alpha value is -1.95. The molecule has 1 unspecified atom stereocenters. The van der Waals surface area contributed by atoms with Gasteiger partial charge in [-0.25, -0.2) is 4.79 Å². The number of phenolic OH excluding ortho intramolecular Hbond substituents is 3. The highest BCUT2D eigenvalue weighted by molar-refractivity contribution is 5.91. The molecule has 1 fully saturated rings. The zero-order valence-electron chi connectivity index (χ0n) is 9.63. The van der Waals surface area contributed by atoms with Gasteiger partial charge in [0.1, 0.15) is 6.10 Å². The van der Waals surface area contributed by atoms with E-state index in [2.05, 4.69) is 0 Å². The fourth-order valence-electron chi connectivity index (χ4n) is 1.75. The summed E-state index contributed by atoms with van der Waals surface area (Å²) in [6, 6.07) is 2.09. The fourth-order valence-corrected chi connectivity index (χ4v) is 1.75. The molecule has 6 nitrogen and oxygen atoms in total. The highest BCUT2D eigenvalue weighted by atomic mass is 16.6. The lowest BCUT2D eigenvalue weighted by molar-refractivity contribution is -0.0306. The van der Waals surface area contributed by atoms with Gasteiger partial charge in [0.2, 0.25) is 0 Å². The molecule has 1 atom stereocenters. The van der Waals surface area contributed by atoms with Crippen molar-refractivity contribution < 1.29 is 29.6 Å². The summed E-state index contributed by atoms with van der Waals surface area (Å²) in [5, 5.41) is 27.7. The first kappa shape index (κ1) is 12.5. The predicted octanol–water partition coefficient (Wildman–Crippen LogP) is 1.14. The van der Waals surface area contributed by atoms with E-state index in [9.17, 15) is 15.0 Å². The lowest BCUT2D eigenvalue weighted by atomic mass is 10.1. The molecule has 0 amide bonds. The van der Waals surface area contributed by atoms with E-state index in [4.69, 9.17) is 14.6 Å². The van der Waals surface area contributed by atoms with Crippen LogP contribution in [0, 0.1) is 0 Å². The van der Waals surface area contributed by atoms with Gasteiger partial charge in [-0.1, -0.05) is 0 Å². The number of rotatable bonds is 2. The molecule has 0 aromatic heterocycles. The smallest absolute Gasteiger partial charge is 0.338 e. The third kappa shape index (κ3) is 2.65. The zero-order chi connectivity index (χ0) is 13.1. The zero-order valence-corrected chi connectivity index (χ0v) is 9.63. The largest absolute Gasteiger partial charge is 0.504 e. The molecule has 0 spiro atoms. The van der Waals surface area contributed by atoms with Crippen molar-refractivity contribution in [1.82, 2.24) is 0 Å². The Bertz CT molecular complexity index is 427. The number of hydrogen-bond donors (Lipinski definition) is 3. The molecule has 0 saturated carbocycles. The van der Waals surface area contributed by atoms with E-state index in [0.29, 0.717) is 13.2 Å². The molecule has 0 radical (unpaired) electrons. The van der Waals surface area contributed by atoms with E-state index in [1.165, 1.54) is 0 Å². The first-order valence-corrected chi connectivity index (χ1v) is 5.61. The molecule has 1 saturated heterocycles. The first-order chi connectivity index (χ1) is 8.58. The molecule has 2 rings (SSSR count). The van der Waals surface area contributed by atoms with Crippen LogP contribution in [0.2, 0.25) is 0 Å². The number of benzene rings is 1. The number of hydrogen-bond acceptors (Lipinski definition) is 6. The van der Waals surface area contributed by atoms with Crippen molar-refractivity contribution in [3.63, 3.8) is 0 Å². The van der Waals surface area contributed by atoms with Crippen molar-refractivity contribution >= 4 is 5.97 Å². The topological polar surface area (TPSA) is 96.2 Å². The van der Waals surface area contributed by atoms with Crippen LogP contribution in [0.4, 0.5) is 0 Å². The highest BCUT2D eigenvalue weighted by Gasteiger charge is 2.21. The van der Waals surface area contributed by atoms with Gasteiger partial charge < -0.3 is 24.8 Å². The minimum Gasteiger partial charge on any atom is -0.504 e. The van der Waals surface area contributed by atoms with Crippen LogP contribution in [0.15, 0.2) is 12.1 Å². The summed E-state index contributed by atoms with van der Waals surface area (Å²) in [5.41, 5.74) is -0.0200. The Labute approximate surface area is 103 Å². The molecule has 1 aliphatic rings. The second kappa shape index (κ2) is 5.14. The average molecular weight is 254 g/mol. The van der Waals surface area contributed by atoms with E-state index in [1.807, 2.05) is 0 Å². The van der Waals surface area contributed by atoms with Crippen molar-refractivity contribution in [2.24, 2.45) is 0 Å². The lowest BCUT2D eigenvalue weighted by Gasteiger charge is -2.22. The summed E-state index contributed by atoms with van der Waals surface area (Å²) in [5.74, 6) is -2.47. The molecule has 1 aliphatic heterocycles. The summed E-state index contributed by atoms with van der Waals surface area (Å²) < 4.78 is 10.3. The molecule has 0 bridgehead atoms. The second-order valence-electron chi connectivity index (χ2n) is 4.11. The number of aromatic hydroxyl groups is 3. The van der Waals surface area contributed by atoms with Crippen LogP contribution >= 0.6 is 0 Å². The summed E-state index contributed by atoms with van der Waals surface area (Å²) in [6.07, 6.45) is 1.23. The Morgan fingerprint density at radius 1 is 1.28 bits per heavy atom. The van der Waals surface area contributed by atoms with Crippen molar-refractivity contribution in [2.75, 3.05) is 13.2 Å². The van der Waals surface area contributed by atoms with Crippen LogP contribution < -0.4 is 0 Å². The van der Waals surface area contributed by atoms with Crippen molar-refractivity contribution in [3.05, 3.63) is 17.7 Å². The van der Waals surface area contributed by atoms with E-state index in [-0.39, 0.29) is 11.7 Å². The Kier molecular flexibility index (Phi) is 3.57. The minimum absolute atomic E-state index is 0.0200. The predicted molar refractivity (Wildman–Crippen MR) is 60.7 cm³/mol. The molecular weight excluding hydrogens is 240 g/mol. The quantitative estimate of drug-likeness (QED) is 0.541. The van der Waals surface area contributed by atoms with Gasteiger partial charge >= 0.3 is 5.97 Å². The fraction of sp³-hybridized carbons (Fsp3) is 0.417. The van der Waals surface area contributed by atoms with Gasteiger partial charge in [-0.15, -0.1) is 0 Å². The average Bonchev–Trinajstić information content (AvgIpc) is 2.36. The minimum atomic E-state index is -0.670. The van der Waals surface area contributed by atoms with Crippen LogP contribution in [-0.2, 0) is 9.47 Å². The van der Waals surface area contributed by atoms with Gasteiger partial charge in [0, 0.05) is 6.61 Å². The summed E-state index contributed by atoms with van der Waals surface area (Å²) in [4.78, 5) is 11.7. The summed E-state index contributed by atoms with van der Waals surface area (Å²) >= 11 is 0. The third-order valence-corrected chi connectivity index (χ3v) is 2.70. The monoisotopic (exact) mass is 254 g/mol. The van der Waals surface area contributed by atoms with E-state index in [0.717, 1.165) is 25.0 Å². The van der Waals surface area contributed by atoms with Crippen LogP contribution in [0.3, 0.4) is 0 Å². The second-order valence-corrected chi connectivity index (χ2v) is 4.11. The van der Waals surface area contributed by atoms with E-state index < -0.39 is 23.2 Å². The number of carbonyl (C=O) groups is 1. The number of ether oxygens (including phenoxy) is 2. The number of phenols is 3. The maximum absolute atomic E-state index is 11.7. The molecule has 6 heteroatoms. The SMILES string of the molecule is O=C(OC1CCCOC1)c1cc(O)c(O)c(O)c1. The van der Waals surface area contributed by atoms with Gasteiger partial charge in [0.05, 0.1) is 12.2 Å². The molecule has 18 heavy (non-hydrogen) atoms. The van der Waals surface area contributed by atoms with E-state index >= 15 is 0 Å². The molecule has 3 N–H and O–H groups in total. The lowest BCUT2D eigenvalue weighted by Crippen LogP contribution is -2.28. The first-order valence-electron chi connectivity index (χ1n) is 5.61. The molecule has 1 heterocycles. The highest BCUT2D eigenvalue weighted by Crippen LogP contribution is 2.35. The van der Waals surface area contributed by atoms with Gasteiger partial charge in [0.25, 0.3) is 0 Å². The van der Waals surface area contributed by atoms with E-state index in [1.54, 1.807) is 0 Å². The Balaban J connectivity index is 2.08. The Morgan fingerprint density at radius 3 is 2.50 bits per heavy atom. The van der Waals surface area contributed by atoms with Gasteiger partial charge in [0.15, 0.2) is 17.2 Å². The van der Waals surface area contributed by atoms with Gasteiger partial charge in [-0.2, -0.15) is 0 Å². The van der Waals surface area contributed by atoms with Crippen LogP contribution in [-0.4, -0.2) is 40.6 Å². The maximum atomic E-state index is 11.7. The summed E-state index contributed by atoms with van der Waals surface area (Å²) in [7, 11) is 0. The van der Waals surface area contributed by atoms with Crippen LogP contribution in [0.5, 0.6) is 17.2 Å². The normalized spacial score (nSPS) is 19.4. The Morgan fingerprint density at radius 2 is 1.94 bits per heavy atom. The third-order valence-electron chi connectivity index (χ3n) is 2.70. The van der Waals surface area contributed by atoms with Crippen LogP contribution in [0.1, 0.15) is 23.2 Å². The maximum Gasteiger partial charge on any atom is 0.338 e. The van der Waals surface area contributed by atoms with Crippen LogP contribution in [0.25, 0.3) is 0 Å². The molecule has 1 aromatic carbocycles. The molecule has 0 aliphatic carbocycles. The molecule has 98 valence electrons. The van der Waals surface area contributed by atoms with Crippen molar-refractivity contribution in [2.45, 2.75) is 18.9 Å². The summed E-state index contributed by atoms with van der Waals surface area (Å²) in [6.45, 7) is 1.01. The molecule has 1 aromatic rings. The standard InChI is InChI=1S/C12H14O6/c13-9-4-7(5-10(14)11(9)15)12(16)18-8-2-1-3-17-6-8/h4-5,8,13-15H,1-3,6H2.